The van der Waals surface area contributed by atoms with Gasteiger partial charge in [0.15, 0.2) is 0 Å². The first-order valence-corrected chi connectivity index (χ1v) is 12.1. The van der Waals surface area contributed by atoms with Crippen molar-refractivity contribution in [1.29, 1.82) is 0 Å². The highest BCUT2D eigenvalue weighted by Gasteiger charge is 1.94. The molecule has 0 amide bonds. The molecule has 0 aromatic heterocycles. The minimum Gasteiger partial charge on any atom is -0.0990 e. The second-order valence-corrected chi connectivity index (χ2v) is 8.92. The summed E-state index contributed by atoms with van der Waals surface area (Å²) in [6.07, 6.45) is 11.8. The molecule has 0 unspecified atom stereocenters. The van der Waals surface area contributed by atoms with Gasteiger partial charge in [-0.05, 0) is 0 Å². The van der Waals surface area contributed by atoms with Crippen molar-refractivity contribution in [2.45, 2.75) is 94.9 Å². The Balaban J connectivity index is 0. The second kappa shape index (κ2) is 20.4. The maximum atomic E-state index is 2.29. The fourth-order valence-corrected chi connectivity index (χ4v) is 3.51. The first kappa shape index (κ1) is 21.4. The van der Waals surface area contributed by atoms with Crippen LogP contribution < -0.4 is 0 Å². The minimum atomic E-state index is 0.355. The molecular weight excluding hydrogens is 246 g/mol. The number of hydrogen-bond donors (Lipinski definition) is 0. The maximum Gasteiger partial charge on any atom is 0.236 e. The van der Waals surface area contributed by atoms with Gasteiger partial charge in [0.1, 0.15) is 0 Å². The van der Waals surface area contributed by atoms with Crippen LogP contribution in [0, 0.1) is 5.92 Å². The van der Waals surface area contributed by atoms with Crippen molar-refractivity contribution in [3.8, 4) is 0 Å². The largest absolute Gasteiger partial charge is 0.236 e. The van der Waals surface area contributed by atoms with Crippen LogP contribution in [0.25, 0.3) is 0 Å². The first-order valence-electron chi connectivity index (χ1n) is 8.68. The van der Waals surface area contributed by atoms with Crippen molar-refractivity contribution in [1.82, 2.24) is 0 Å². The summed E-state index contributed by atoms with van der Waals surface area (Å²) in [5, 5.41) is 4.68. The zero-order chi connectivity index (χ0) is 14.1. The van der Waals surface area contributed by atoms with Gasteiger partial charge < -0.3 is 0 Å². The van der Waals surface area contributed by atoms with Crippen molar-refractivity contribution < 1.29 is 0 Å². The van der Waals surface area contributed by atoms with E-state index in [1.807, 2.05) is 0 Å². The Labute approximate surface area is 132 Å². The molecule has 0 rings (SSSR count). The molecule has 0 aliphatic rings. The van der Waals surface area contributed by atoms with E-state index in [1.54, 1.807) is 10.6 Å². The molecule has 0 saturated carbocycles. The van der Waals surface area contributed by atoms with Gasteiger partial charge in [0.25, 0.3) is 0 Å². The third-order valence-corrected chi connectivity index (χ3v) is 7.16. The molecule has 0 aromatic rings. The Morgan fingerprint density at radius 2 is 1.17 bits per heavy atom. The molecule has 0 nitrogen and oxygen atoms in total. The molecule has 0 aliphatic carbocycles. The normalized spacial score (nSPS) is 10.1. The van der Waals surface area contributed by atoms with Gasteiger partial charge in [0.05, 0.1) is 0 Å². The molecular formula is C16H38Al2. The predicted octanol–water partition coefficient (Wildman–Crippen LogP) is 5.11. The molecule has 0 N–H and O–H groups in total. The average molecular weight is 284 g/mol. The van der Waals surface area contributed by atoms with Crippen LogP contribution in [0.5, 0.6) is 0 Å². The van der Waals surface area contributed by atoms with E-state index in [1.165, 1.54) is 72.9 Å². The van der Waals surface area contributed by atoms with Gasteiger partial charge in [-0.15, -0.1) is 0 Å². The molecule has 0 aromatic carbocycles. The third kappa shape index (κ3) is 25.8. The quantitative estimate of drug-likeness (QED) is 0.365. The molecule has 108 valence electrons. The second-order valence-electron chi connectivity index (χ2n) is 5.98. The lowest BCUT2D eigenvalue weighted by Crippen LogP contribution is -1.89. The van der Waals surface area contributed by atoms with Gasteiger partial charge in [-0.1, -0.05) is 101 Å². The highest BCUT2D eigenvalue weighted by Crippen LogP contribution is 2.07. The number of unbranched alkanes of at least 4 members (excludes halogenated alkanes) is 6. The van der Waals surface area contributed by atoms with Crippen LogP contribution in [-0.4, -0.2) is 31.5 Å². The van der Waals surface area contributed by atoms with Crippen LogP contribution in [0.15, 0.2) is 0 Å². The van der Waals surface area contributed by atoms with Gasteiger partial charge in [-0.25, -0.2) is 0 Å². The summed E-state index contributed by atoms with van der Waals surface area (Å²) in [5.41, 5.74) is 0. The molecule has 0 spiro atoms. The van der Waals surface area contributed by atoms with Gasteiger partial charge in [-0.2, -0.15) is 0 Å². The fraction of sp³-hybridized carbons (Fsp3) is 1.00. The van der Waals surface area contributed by atoms with Crippen LogP contribution in [-0.2, 0) is 0 Å². The van der Waals surface area contributed by atoms with Crippen molar-refractivity contribution in [3.63, 3.8) is 0 Å². The molecule has 0 atom stereocenters. The van der Waals surface area contributed by atoms with E-state index in [0.717, 1.165) is 5.92 Å². The lowest BCUT2D eigenvalue weighted by atomic mass is 10.2. The Bertz CT molecular complexity index is 114. The summed E-state index contributed by atoms with van der Waals surface area (Å²) in [5.74, 6) is 0.946. The van der Waals surface area contributed by atoms with E-state index in [9.17, 15) is 0 Å². The van der Waals surface area contributed by atoms with Gasteiger partial charge >= 0.3 is 0 Å². The lowest BCUT2D eigenvalue weighted by Gasteiger charge is -1.98. The predicted molar refractivity (Wildman–Crippen MR) is 93.2 cm³/mol. The van der Waals surface area contributed by atoms with E-state index in [-0.39, 0.29) is 0 Å². The van der Waals surface area contributed by atoms with Crippen molar-refractivity contribution in [2.75, 3.05) is 0 Å². The molecule has 2 heteroatoms. The average Bonchev–Trinajstić information content (AvgIpc) is 2.37. The number of hydrogen-bond acceptors (Lipinski definition) is 0. The molecule has 0 aliphatic heterocycles. The van der Waals surface area contributed by atoms with Crippen LogP contribution >= 0.6 is 0 Å². The summed E-state index contributed by atoms with van der Waals surface area (Å²) in [7, 11) is 0. The summed E-state index contributed by atoms with van der Waals surface area (Å²) in [6, 6.07) is 0. The molecule has 0 bridgehead atoms. The third-order valence-electron chi connectivity index (χ3n) is 3.52. The summed E-state index contributed by atoms with van der Waals surface area (Å²) >= 11 is 1.73. The van der Waals surface area contributed by atoms with Gasteiger partial charge in [-0.3, -0.25) is 0 Å². The Hall–Kier alpha value is 1.06. The van der Waals surface area contributed by atoms with E-state index in [0.29, 0.717) is 15.2 Å². The van der Waals surface area contributed by atoms with Crippen LogP contribution in [0.3, 0.4) is 0 Å². The summed E-state index contributed by atoms with van der Waals surface area (Å²) < 4.78 is 0. The Morgan fingerprint density at radius 1 is 0.778 bits per heavy atom. The SMILES string of the molecule is CC(C)[CH2][AlH2].CCCCC[CH2][AlH][CH2]CCCCC. The van der Waals surface area contributed by atoms with Crippen molar-refractivity contribution in [3.05, 3.63) is 0 Å². The first-order chi connectivity index (χ1) is 8.68. The molecule has 0 radical (unpaired) electrons. The minimum absolute atomic E-state index is 0.355. The zero-order valence-corrected chi connectivity index (χ0v) is 17.5. The van der Waals surface area contributed by atoms with E-state index in [2.05, 4.69) is 27.7 Å². The van der Waals surface area contributed by atoms with Crippen molar-refractivity contribution >= 4 is 31.5 Å². The van der Waals surface area contributed by atoms with E-state index < -0.39 is 0 Å². The Kier molecular flexibility index (Phi) is 24.2. The fourth-order valence-electron chi connectivity index (χ4n) is 1.74. The highest BCUT2D eigenvalue weighted by molar-refractivity contribution is 6.35. The topological polar surface area (TPSA) is 0 Å². The standard InChI is InChI=1S/2C6H13.C4H9.2Al.3H/c2*1-3-5-6-4-2;1-4(2)3;;;;;/h2*1,3-6H2,2H3;4H,1H2,2-3H3;;;;;. The van der Waals surface area contributed by atoms with Crippen LogP contribution in [0.1, 0.15) is 79.1 Å². The highest BCUT2D eigenvalue weighted by atomic mass is 27.1. The van der Waals surface area contributed by atoms with Crippen LogP contribution in [0.2, 0.25) is 15.8 Å². The van der Waals surface area contributed by atoms with E-state index >= 15 is 0 Å². The van der Waals surface area contributed by atoms with Crippen molar-refractivity contribution in [2.24, 2.45) is 5.92 Å². The lowest BCUT2D eigenvalue weighted by molar-refractivity contribution is 0.689. The number of rotatable bonds is 11. The monoisotopic (exact) mass is 284 g/mol. The smallest absolute Gasteiger partial charge is 0.0990 e. The molecule has 18 heavy (non-hydrogen) atoms. The van der Waals surface area contributed by atoms with Gasteiger partial charge in [0, 0.05) is 0 Å². The molecule has 0 saturated heterocycles. The molecule has 0 fully saturated rings. The zero-order valence-electron chi connectivity index (χ0n) is 14.1. The van der Waals surface area contributed by atoms with Crippen LogP contribution in [0.4, 0.5) is 0 Å². The van der Waals surface area contributed by atoms with E-state index in [4.69, 9.17) is 0 Å². The molecule has 0 heterocycles. The Morgan fingerprint density at radius 3 is 1.44 bits per heavy atom. The maximum absolute atomic E-state index is 2.29. The summed E-state index contributed by atoms with van der Waals surface area (Å²) in [4.78, 5) is 0. The van der Waals surface area contributed by atoms with Gasteiger partial charge in [0.2, 0.25) is 31.5 Å². The summed E-state index contributed by atoms with van der Waals surface area (Å²) in [6.45, 7) is 9.10.